The van der Waals surface area contributed by atoms with Crippen molar-refractivity contribution in [2.24, 2.45) is 0 Å². The highest BCUT2D eigenvalue weighted by molar-refractivity contribution is 6.31. The van der Waals surface area contributed by atoms with Gasteiger partial charge in [0.25, 0.3) is 0 Å². The quantitative estimate of drug-likeness (QED) is 0.911. The first-order valence-corrected chi connectivity index (χ1v) is 5.98. The van der Waals surface area contributed by atoms with Gasteiger partial charge in [0.2, 0.25) is 0 Å². The van der Waals surface area contributed by atoms with Crippen LogP contribution in [0.25, 0.3) is 0 Å². The Balaban J connectivity index is 2.44. The predicted molar refractivity (Wildman–Crippen MR) is 67.3 cm³/mol. The lowest BCUT2D eigenvalue weighted by molar-refractivity contribution is 0.521. The third kappa shape index (κ3) is 2.23. The second-order valence-corrected chi connectivity index (χ2v) is 4.31. The smallest absolute Gasteiger partial charge is 0.101 e. The highest BCUT2D eigenvalue weighted by Crippen LogP contribution is 2.29. The molecule has 92 valence electrons. The zero-order chi connectivity index (χ0) is 12.4. The number of rotatable bonds is 4. The summed E-state index contributed by atoms with van der Waals surface area (Å²) in [6, 6.07) is 2.01. The first-order valence-electron chi connectivity index (χ1n) is 5.60. The summed E-state index contributed by atoms with van der Waals surface area (Å²) < 4.78 is 7.24. The molecule has 1 unspecified atom stereocenters. The lowest BCUT2D eigenvalue weighted by atomic mass is 10.1. The van der Waals surface area contributed by atoms with E-state index < -0.39 is 0 Å². The van der Waals surface area contributed by atoms with E-state index >= 15 is 0 Å². The number of hydrogen-bond acceptors (Lipinski definition) is 3. The van der Waals surface area contributed by atoms with Gasteiger partial charge < -0.3 is 9.73 Å². The van der Waals surface area contributed by atoms with Crippen LogP contribution in [0.1, 0.15) is 30.0 Å². The molecule has 0 aliphatic rings. The molecule has 0 aromatic carbocycles. The highest BCUT2D eigenvalue weighted by atomic mass is 35.5. The summed E-state index contributed by atoms with van der Waals surface area (Å²) in [7, 11) is 1.90. The van der Waals surface area contributed by atoms with Gasteiger partial charge in [-0.3, -0.25) is 4.68 Å². The Bertz CT molecular complexity index is 504. The van der Waals surface area contributed by atoms with Crippen molar-refractivity contribution in [3.8, 4) is 0 Å². The number of halogens is 1. The molecule has 1 N–H and O–H groups in total. The van der Waals surface area contributed by atoms with Crippen molar-refractivity contribution in [1.82, 2.24) is 15.1 Å². The molecule has 2 aromatic heterocycles. The van der Waals surface area contributed by atoms with Crippen molar-refractivity contribution >= 4 is 11.6 Å². The van der Waals surface area contributed by atoms with Crippen LogP contribution in [0.5, 0.6) is 0 Å². The van der Waals surface area contributed by atoms with E-state index in [4.69, 9.17) is 16.0 Å². The molecule has 0 saturated heterocycles. The molecule has 0 spiro atoms. The van der Waals surface area contributed by atoms with Crippen LogP contribution >= 0.6 is 11.6 Å². The van der Waals surface area contributed by atoms with Gasteiger partial charge in [0.1, 0.15) is 5.76 Å². The SMILES string of the molecule is CCn1ncc(Cl)c1C(NC)c1coc(C)c1. The van der Waals surface area contributed by atoms with Gasteiger partial charge in [0.05, 0.1) is 29.2 Å². The third-order valence-corrected chi connectivity index (χ3v) is 3.07. The van der Waals surface area contributed by atoms with Gasteiger partial charge in [-0.05, 0) is 27.0 Å². The van der Waals surface area contributed by atoms with Crippen LogP contribution in [0.2, 0.25) is 5.02 Å². The maximum Gasteiger partial charge on any atom is 0.101 e. The van der Waals surface area contributed by atoms with Gasteiger partial charge in [-0.25, -0.2) is 0 Å². The molecule has 0 aliphatic heterocycles. The second-order valence-electron chi connectivity index (χ2n) is 3.91. The molecule has 2 aromatic rings. The molecule has 0 saturated carbocycles. The maximum atomic E-state index is 6.20. The highest BCUT2D eigenvalue weighted by Gasteiger charge is 2.21. The summed E-state index contributed by atoms with van der Waals surface area (Å²) >= 11 is 6.20. The lowest BCUT2D eigenvalue weighted by Gasteiger charge is -2.16. The molecule has 1 atom stereocenters. The number of furan rings is 1. The molecule has 0 aliphatic carbocycles. The fourth-order valence-electron chi connectivity index (χ4n) is 1.99. The maximum absolute atomic E-state index is 6.20. The molecular weight excluding hydrogens is 238 g/mol. The normalized spacial score (nSPS) is 12.9. The number of hydrogen-bond donors (Lipinski definition) is 1. The molecule has 5 heteroatoms. The Morgan fingerprint density at radius 1 is 1.59 bits per heavy atom. The van der Waals surface area contributed by atoms with Gasteiger partial charge in [0, 0.05) is 12.1 Å². The zero-order valence-electron chi connectivity index (χ0n) is 10.2. The predicted octanol–water partition coefficient (Wildman–Crippen LogP) is 2.77. The fourth-order valence-corrected chi connectivity index (χ4v) is 2.24. The Morgan fingerprint density at radius 3 is 2.88 bits per heavy atom. The van der Waals surface area contributed by atoms with E-state index in [1.807, 2.05) is 31.6 Å². The average molecular weight is 254 g/mol. The molecule has 0 bridgehead atoms. The number of aryl methyl sites for hydroxylation is 2. The van der Waals surface area contributed by atoms with E-state index in [0.29, 0.717) is 5.02 Å². The minimum Gasteiger partial charge on any atom is -0.469 e. The van der Waals surface area contributed by atoms with Crippen LogP contribution in [-0.2, 0) is 6.54 Å². The molecule has 17 heavy (non-hydrogen) atoms. The lowest BCUT2D eigenvalue weighted by Crippen LogP contribution is -2.21. The van der Waals surface area contributed by atoms with Gasteiger partial charge in [-0.15, -0.1) is 0 Å². The molecule has 0 fully saturated rings. The zero-order valence-corrected chi connectivity index (χ0v) is 11.0. The molecule has 0 amide bonds. The first kappa shape index (κ1) is 12.2. The van der Waals surface area contributed by atoms with E-state index in [0.717, 1.165) is 23.6 Å². The number of nitrogens with one attached hydrogen (secondary N) is 1. The van der Waals surface area contributed by atoms with Gasteiger partial charge >= 0.3 is 0 Å². The summed E-state index contributed by atoms with van der Waals surface area (Å²) in [5, 5.41) is 8.17. The molecule has 0 radical (unpaired) electrons. The van der Waals surface area contributed by atoms with Crippen molar-refractivity contribution in [3.63, 3.8) is 0 Å². The summed E-state index contributed by atoms with van der Waals surface area (Å²) in [4.78, 5) is 0. The average Bonchev–Trinajstić information content (AvgIpc) is 2.89. The standard InChI is InChI=1S/C12H16ClN3O/c1-4-16-12(10(13)6-15-16)11(14-3)9-5-8(2)17-7-9/h5-7,11,14H,4H2,1-3H3. The van der Waals surface area contributed by atoms with Gasteiger partial charge in [0.15, 0.2) is 0 Å². The number of nitrogens with zero attached hydrogens (tertiary/aromatic N) is 2. The molecule has 2 rings (SSSR count). The Hall–Kier alpha value is -1.26. The molecular formula is C12H16ClN3O. The van der Waals surface area contributed by atoms with Gasteiger partial charge in [-0.2, -0.15) is 5.10 Å². The summed E-state index contributed by atoms with van der Waals surface area (Å²) in [5.74, 6) is 0.888. The summed E-state index contributed by atoms with van der Waals surface area (Å²) in [6.07, 6.45) is 3.43. The van der Waals surface area contributed by atoms with Crippen LogP contribution in [0.15, 0.2) is 22.9 Å². The van der Waals surface area contributed by atoms with Crippen molar-refractivity contribution in [1.29, 1.82) is 0 Å². The summed E-state index contributed by atoms with van der Waals surface area (Å²) in [6.45, 7) is 4.76. The van der Waals surface area contributed by atoms with E-state index in [9.17, 15) is 0 Å². The van der Waals surface area contributed by atoms with Crippen molar-refractivity contribution < 1.29 is 4.42 Å². The fraction of sp³-hybridized carbons (Fsp3) is 0.417. The van der Waals surface area contributed by atoms with Crippen LogP contribution in [-0.4, -0.2) is 16.8 Å². The van der Waals surface area contributed by atoms with E-state index in [2.05, 4.69) is 10.4 Å². The largest absolute Gasteiger partial charge is 0.469 e. The van der Waals surface area contributed by atoms with Crippen molar-refractivity contribution in [2.75, 3.05) is 7.05 Å². The monoisotopic (exact) mass is 253 g/mol. The Morgan fingerprint density at radius 2 is 2.35 bits per heavy atom. The third-order valence-electron chi connectivity index (χ3n) is 2.78. The topological polar surface area (TPSA) is 43.0 Å². The van der Waals surface area contributed by atoms with Crippen molar-refractivity contribution in [2.45, 2.75) is 26.4 Å². The summed E-state index contributed by atoms with van der Waals surface area (Å²) in [5.41, 5.74) is 2.03. The van der Waals surface area contributed by atoms with E-state index in [-0.39, 0.29) is 6.04 Å². The number of aromatic nitrogens is 2. The second kappa shape index (κ2) is 4.94. The Labute approximate surface area is 106 Å². The van der Waals surface area contributed by atoms with Gasteiger partial charge in [-0.1, -0.05) is 11.6 Å². The van der Waals surface area contributed by atoms with Crippen LogP contribution in [0.3, 0.4) is 0 Å². The Kier molecular flexibility index (Phi) is 3.54. The minimum atomic E-state index is 0.00222. The van der Waals surface area contributed by atoms with E-state index in [1.165, 1.54) is 0 Å². The minimum absolute atomic E-state index is 0.00222. The van der Waals surface area contributed by atoms with Crippen LogP contribution < -0.4 is 5.32 Å². The van der Waals surface area contributed by atoms with Crippen LogP contribution in [0, 0.1) is 6.92 Å². The van der Waals surface area contributed by atoms with Crippen LogP contribution in [0.4, 0.5) is 0 Å². The van der Waals surface area contributed by atoms with Crippen molar-refractivity contribution in [3.05, 3.63) is 40.6 Å². The molecule has 2 heterocycles. The first-order chi connectivity index (χ1) is 8.17. The molecule has 4 nitrogen and oxygen atoms in total. The van der Waals surface area contributed by atoms with E-state index in [1.54, 1.807) is 12.5 Å².